The van der Waals surface area contributed by atoms with E-state index < -0.39 is 0 Å². The molecule has 1 saturated heterocycles. The van der Waals surface area contributed by atoms with Crippen molar-refractivity contribution in [3.05, 3.63) is 53.9 Å². The average Bonchev–Trinajstić information content (AvgIpc) is 2.97. The van der Waals surface area contributed by atoms with Crippen LogP contribution in [0.5, 0.6) is 0 Å². The van der Waals surface area contributed by atoms with Gasteiger partial charge in [-0.1, -0.05) is 30.3 Å². The highest BCUT2D eigenvalue weighted by Gasteiger charge is 2.24. The first-order valence-electron chi connectivity index (χ1n) is 7.92. The first-order chi connectivity index (χ1) is 11.3. The summed E-state index contributed by atoms with van der Waals surface area (Å²) in [6, 6.07) is 14.6. The van der Waals surface area contributed by atoms with E-state index in [2.05, 4.69) is 44.9 Å². The molecular weight excluding hydrogens is 290 g/mol. The Bertz CT molecular complexity index is 801. The predicted molar refractivity (Wildman–Crippen MR) is 87.3 cm³/mol. The van der Waals surface area contributed by atoms with Gasteiger partial charge >= 0.3 is 0 Å². The fraction of sp³-hybridized carbons (Fsp3) is 0.353. The molecule has 6 nitrogen and oxygen atoms in total. The van der Waals surface area contributed by atoms with Crippen LogP contribution in [0.4, 0.5) is 5.82 Å². The summed E-state index contributed by atoms with van der Waals surface area (Å²) in [5, 5.41) is 16.2. The standard InChI is InChI=1S/C17H19N5O/c1-12-19-20-17-8-7-16(21-22(12)17)18-14-9-10-23-15(11-14)13-5-3-2-4-6-13/h2-8,14-15H,9-11H2,1H3,(H,18,21). The summed E-state index contributed by atoms with van der Waals surface area (Å²) in [5.74, 6) is 1.64. The van der Waals surface area contributed by atoms with Gasteiger partial charge in [0.2, 0.25) is 0 Å². The molecule has 0 saturated carbocycles. The maximum Gasteiger partial charge on any atom is 0.178 e. The lowest BCUT2D eigenvalue weighted by molar-refractivity contribution is 0.00973. The summed E-state index contributed by atoms with van der Waals surface area (Å²) < 4.78 is 7.68. The number of hydrogen-bond acceptors (Lipinski definition) is 5. The van der Waals surface area contributed by atoms with Crippen LogP contribution in [0.2, 0.25) is 0 Å². The predicted octanol–water partition coefficient (Wildman–Crippen LogP) is 2.76. The molecular formula is C17H19N5O. The van der Waals surface area contributed by atoms with Gasteiger partial charge in [0.25, 0.3) is 0 Å². The Balaban J connectivity index is 1.50. The molecule has 1 aromatic carbocycles. The van der Waals surface area contributed by atoms with Crippen molar-refractivity contribution in [2.45, 2.75) is 31.9 Å². The maximum absolute atomic E-state index is 5.92. The minimum Gasteiger partial charge on any atom is -0.373 e. The second-order valence-corrected chi connectivity index (χ2v) is 5.87. The highest BCUT2D eigenvalue weighted by molar-refractivity contribution is 5.44. The quantitative estimate of drug-likeness (QED) is 0.806. The molecule has 4 rings (SSSR count). The molecule has 2 atom stereocenters. The van der Waals surface area contributed by atoms with Crippen molar-refractivity contribution < 1.29 is 4.74 Å². The van der Waals surface area contributed by atoms with Crippen molar-refractivity contribution >= 4 is 11.5 Å². The van der Waals surface area contributed by atoms with E-state index in [0.717, 1.165) is 36.7 Å². The van der Waals surface area contributed by atoms with Gasteiger partial charge in [-0.05, 0) is 37.5 Å². The van der Waals surface area contributed by atoms with Crippen LogP contribution >= 0.6 is 0 Å². The molecule has 0 radical (unpaired) electrons. The number of ether oxygens (including phenoxy) is 1. The highest BCUT2D eigenvalue weighted by Crippen LogP contribution is 2.29. The number of aromatic nitrogens is 4. The number of hydrogen-bond donors (Lipinski definition) is 1. The molecule has 0 amide bonds. The molecule has 1 fully saturated rings. The van der Waals surface area contributed by atoms with Gasteiger partial charge in [-0.3, -0.25) is 0 Å². The maximum atomic E-state index is 5.92. The topological polar surface area (TPSA) is 64.3 Å². The van der Waals surface area contributed by atoms with Crippen molar-refractivity contribution in [2.75, 3.05) is 11.9 Å². The molecule has 6 heteroatoms. The van der Waals surface area contributed by atoms with Crippen LogP contribution in [0.3, 0.4) is 0 Å². The van der Waals surface area contributed by atoms with Crippen molar-refractivity contribution in [2.24, 2.45) is 0 Å². The number of anilines is 1. The van der Waals surface area contributed by atoms with Crippen LogP contribution in [0, 0.1) is 6.92 Å². The monoisotopic (exact) mass is 309 g/mol. The van der Waals surface area contributed by atoms with Gasteiger partial charge in [0, 0.05) is 12.6 Å². The smallest absolute Gasteiger partial charge is 0.178 e. The van der Waals surface area contributed by atoms with Gasteiger partial charge in [0.15, 0.2) is 11.5 Å². The molecule has 0 bridgehead atoms. The van der Waals surface area contributed by atoms with Gasteiger partial charge < -0.3 is 10.1 Å². The van der Waals surface area contributed by atoms with Crippen molar-refractivity contribution in [1.29, 1.82) is 0 Å². The normalized spacial score (nSPS) is 21.4. The van der Waals surface area contributed by atoms with E-state index in [0.29, 0.717) is 6.04 Å². The summed E-state index contributed by atoms with van der Waals surface area (Å²) >= 11 is 0. The lowest BCUT2D eigenvalue weighted by atomic mass is 9.97. The third-order valence-electron chi connectivity index (χ3n) is 4.23. The van der Waals surface area contributed by atoms with Gasteiger partial charge in [-0.2, -0.15) is 4.52 Å². The molecule has 3 heterocycles. The van der Waals surface area contributed by atoms with E-state index >= 15 is 0 Å². The number of benzene rings is 1. The van der Waals surface area contributed by atoms with E-state index in [-0.39, 0.29) is 6.10 Å². The second-order valence-electron chi connectivity index (χ2n) is 5.87. The molecule has 2 unspecified atom stereocenters. The molecule has 0 spiro atoms. The molecule has 1 aliphatic heterocycles. The van der Waals surface area contributed by atoms with Crippen LogP contribution < -0.4 is 5.32 Å². The van der Waals surface area contributed by atoms with Gasteiger partial charge in [-0.25, -0.2) is 0 Å². The molecule has 2 aromatic heterocycles. The number of fused-ring (bicyclic) bond motifs is 1. The third-order valence-corrected chi connectivity index (χ3v) is 4.23. The highest BCUT2D eigenvalue weighted by atomic mass is 16.5. The van der Waals surface area contributed by atoms with E-state index in [4.69, 9.17) is 4.74 Å². The fourth-order valence-electron chi connectivity index (χ4n) is 3.01. The van der Waals surface area contributed by atoms with E-state index in [9.17, 15) is 0 Å². The minimum absolute atomic E-state index is 0.142. The van der Waals surface area contributed by atoms with Crippen molar-refractivity contribution in [3.63, 3.8) is 0 Å². The Morgan fingerprint density at radius 2 is 2.00 bits per heavy atom. The average molecular weight is 309 g/mol. The summed E-state index contributed by atoms with van der Waals surface area (Å²) in [6.07, 6.45) is 2.05. The van der Waals surface area contributed by atoms with Crippen LogP contribution in [0.25, 0.3) is 5.65 Å². The Labute approximate surface area is 134 Å². The number of aryl methyl sites for hydroxylation is 1. The van der Waals surface area contributed by atoms with Crippen LogP contribution in [-0.4, -0.2) is 32.5 Å². The summed E-state index contributed by atoms with van der Waals surface area (Å²) in [6.45, 7) is 2.65. The minimum atomic E-state index is 0.142. The summed E-state index contributed by atoms with van der Waals surface area (Å²) in [4.78, 5) is 0. The molecule has 118 valence electrons. The molecule has 23 heavy (non-hydrogen) atoms. The lowest BCUT2D eigenvalue weighted by Gasteiger charge is -2.30. The fourth-order valence-corrected chi connectivity index (χ4v) is 3.01. The van der Waals surface area contributed by atoms with Gasteiger partial charge in [0.05, 0.1) is 6.10 Å². The number of rotatable bonds is 3. The van der Waals surface area contributed by atoms with Crippen molar-refractivity contribution in [3.8, 4) is 0 Å². The zero-order valence-electron chi connectivity index (χ0n) is 13.0. The van der Waals surface area contributed by atoms with E-state index in [1.165, 1.54) is 5.56 Å². The first kappa shape index (κ1) is 14.1. The summed E-state index contributed by atoms with van der Waals surface area (Å²) in [7, 11) is 0. The van der Waals surface area contributed by atoms with Crippen molar-refractivity contribution in [1.82, 2.24) is 19.8 Å². The largest absolute Gasteiger partial charge is 0.373 e. The van der Waals surface area contributed by atoms with E-state index in [1.807, 2.05) is 25.1 Å². The molecule has 1 aliphatic rings. The first-order valence-corrected chi connectivity index (χ1v) is 7.92. The zero-order valence-corrected chi connectivity index (χ0v) is 13.0. The zero-order chi connectivity index (χ0) is 15.6. The Kier molecular flexibility index (Phi) is 3.67. The number of nitrogens with one attached hydrogen (secondary N) is 1. The third kappa shape index (κ3) is 2.90. The van der Waals surface area contributed by atoms with Crippen LogP contribution in [-0.2, 0) is 4.74 Å². The summed E-state index contributed by atoms with van der Waals surface area (Å²) in [5.41, 5.74) is 2.00. The van der Waals surface area contributed by atoms with Crippen LogP contribution in [0.15, 0.2) is 42.5 Å². The Hall–Kier alpha value is -2.47. The SMILES string of the molecule is Cc1nnc2ccc(NC3CCOC(c4ccccc4)C3)nn12. The van der Waals surface area contributed by atoms with Gasteiger partial charge in [-0.15, -0.1) is 15.3 Å². The molecule has 3 aromatic rings. The Morgan fingerprint density at radius 3 is 2.87 bits per heavy atom. The second kappa shape index (κ2) is 5.96. The van der Waals surface area contributed by atoms with Gasteiger partial charge in [0.1, 0.15) is 5.82 Å². The molecule has 0 aliphatic carbocycles. The number of nitrogens with zero attached hydrogens (tertiary/aromatic N) is 4. The van der Waals surface area contributed by atoms with Crippen LogP contribution in [0.1, 0.15) is 30.3 Å². The Morgan fingerprint density at radius 1 is 1.13 bits per heavy atom. The molecule has 1 N–H and O–H groups in total. The lowest BCUT2D eigenvalue weighted by Crippen LogP contribution is -2.30. The van der Waals surface area contributed by atoms with E-state index in [1.54, 1.807) is 4.52 Å².